The average Bonchev–Trinajstić information content (AvgIpc) is 3.25. The van der Waals surface area contributed by atoms with Crippen molar-refractivity contribution in [1.29, 1.82) is 0 Å². The Morgan fingerprint density at radius 2 is 2.25 bits per heavy atom. The van der Waals surface area contributed by atoms with Crippen molar-refractivity contribution in [3.8, 4) is 10.8 Å². The molecule has 1 atom stereocenters. The van der Waals surface area contributed by atoms with Gasteiger partial charge in [-0.15, -0.1) is 16.4 Å². The van der Waals surface area contributed by atoms with Gasteiger partial charge in [0.2, 0.25) is 5.91 Å². The molecule has 0 saturated carbocycles. The molecule has 4 rings (SSSR count). The summed E-state index contributed by atoms with van der Waals surface area (Å²) >= 11 is 1.45. The van der Waals surface area contributed by atoms with Gasteiger partial charge in [-0.3, -0.25) is 9.69 Å². The fourth-order valence-electron chi connectivity index (χ4n) is 3.52. The van der Waals surface area contributed by atoms with Crippen molar-refractivity contribution in [2.24, 2.45) is 0 Å². The van der Waals surface area contributed by atoms with Gasteiger partial charge in [-0.1, -0.05) is 12.5 Å². The smallest absolute Gasteiger partial charge is 0.387 e. The number of piperazine rings is 1. The molecule has 2 aromatic heterocycles. The molecule has 4 heterocycles. The summed E-state index contributed by atoms with van der Waals surface area (Å²) in [7, 11) is 0. The molecule has 2 aliphatic rings. The number of fused-ring (bicyclic) bond motifs is 1. The van der Waals surface area contributed by atoms with E-state index in [0.717, 1.165) is 42.2 Å². The van der Waals surface area contributed by atoms with Gasteiger partial charge in [0.15, 0.2) is 0 Å². The quantitative estimate of drug-likeness (QED) is 0.835. The van der Waals surface area contributed by atoms with Crippen molar-refractivity contribution in [2.45, 2.75) is 31.8 Å². The van der Waals surface area contributed by atoms with Crippen LogP contribution < -0.4 is 5.76 Å². The van der Waals surface area contributed by atoms with E-state index < -0.39 is 5.76 Å². The molecule has 24 heavy (non-hydrogen) atoms. The number of piperidine rings is 1. The normalized spacial score (nSPS) is 21.7. The third-order valence-electron chi connectivity index (χ3n) is 4.81. The van der Waals surface area contributed by atoms with Crippen molar-refractivity contribution in [3.05, 3.63) is 28.1 Å². The standard InChI is InChI=1S/C16H20N4O3S/c21-14(19-8-7-18-6-2-1-4-12(18)10-19)11-20-16(22)23-15(17-20)13-5-3-9-24-13/h3,5,9,12H,1-2,4,6-8,10-11H2/t12-/m0/s1. The van der Waals surface area contributed by atoms with E-state index in [-0.39, 0.29) is 18.3 Å². The molecule has 0 aliphatic carbocycles. The van der Waals surface area contributed by atoms with E-state index in [0.29, 0.717) is 6.04 Å². The summed E-state index contributed by atoms with van der Waals surface area (Å²) in [5.41, 5.74) is 0. The maximum absolute atomic E-state index is 12.6. The molecule has 0 spiro atoms. The number of amides is 1. The van der Waals surface area contributed by atoms with Crippen molar-refractivity contribution >= 4 is 17.2 Å². The first-order valence-electron chi connectivity index (χ1n) is 8.34. The van der Waals surface area contributed by atoms with E-state index in [2.05, 4.69) is 10.00 Å². The van der Waals surface area contributed by atoms with Crippen LogP contribution in [-0.4, -0.2) is 57.7 Å². The van der Waals surface area contributed by atoms with Crippen LogP contribution in [-0.2, 0) is 11.3 Å². The minimum absolute atomic E-state index is 0.0551. The van der Waals surface area contributed by atoms with Gasteiger partial charge >= 0.3 is 5.76 Å². The summed E-state index contributed by atoms with van der Waals surface area (Å²) < 4.78 is 6.29. The van der Waals surface area contributed by atoms with Crippen molar-refractivity contribution in [1.82, 2.24) is 19.6 Å². The third kappa shape index (κ3) is 3.03. The number of carbonyl (C=O) groups is 1. The van der Waals surface area contributed by atoms with E-state index in [1.54, 1.807) is 0 Å². The lowest BCUT2D eigenvalue weighted by Crippen LogP contribution is -2.56. The molecule has 2 fully saturated rings. The largest absolute Gasteiger partial charge is 0.437 e. The highest BCUT2D eigenvalue weighted by Crippen LogP contribution is 2.22. The lowest BCUT2D eigenvalue weighted by atomic mass is 9.99. The summed E-state index contributed by atoms with van der Waals surface area (Å²) in [5.74, 6) is -0.365. The molecule has 2 saturated heterocycles. The first kappa shape index (κ1) is 15.6. The summed E-state index contributed by atoms with van der Waals surface area (Å²) in [6.07, 6.45) is 3.64. The minimum Gasteiger partial charge on any atom is -0.387 e. The Bertz CT molecular complexity index is 767. The van der Waals surface area contributed by atoms with E-state index >= 15 is 0 Å². The molecule has 0 radical (unpaired) electrons. The Balaban J connectivity index is 1.44. The maximum atomic E-state index is 12.6. The highest BCUT2D eigenvalue weighted by Gasteiger charge is 2.31. The molecule has 2 aromatic rings. The van der Waals surface area contributed by atoms with Crippen LogP contribution in [0, 0.1) is 0 Å². The molecule has 128 valence electrons. The van der Waals surface area contributed by atoms with Crippen LogP contribution in [0.25, 0.3) is 10.8 Å². The molecule has 2 aliphatic heterocycles. The Morgan fingerprint density at radius 3 is 3.08 bits per heavy atom. The lowest BCUT2D eigenvalue weighted by Gasteiger charge is -2.44. The molecule has 0 aromatic carbocycles. The van der Waals surface area contributed by atoms with Crippen LogP contribution in [0.4, 0.5) is 0 Å². The van der Waals surface area contributed by atoms with E-state index in [9.17, 15) is 9.59 Å². The van der Waals surface area contributed by atoms with Crippen LogP contribution in [0.3, 0.4) is 0 Å². The summed E-state index contributed by atoms with van der Waals surface area (Å²) in [6.45, 7) is 3.48. The Hall–Kier alpha value is -1.93. The zero-order chi connectivity index (χ0) is 16.5. The summed E-state index contributed by atoms with van der Waals surface area (Å²) in [4.78, 5) is 29.6. The van der Waals surface area contributed by atoms with Crippen LogP contribution in [0.2, 0.25) is 0 Å². The van der Waals surface area contributed by atoms with E-state index in [4.69, 9.17) is 4.42 Å². The van der Waals surface area contributed by atoms with Crippen molar-refractivity contribution in [2.75, 3.05) is 26.2 Å². The van der Waals surface area contributed by atoms with Crippen LogP contribution >= 0.6 is 11.3 Å². The second kappa shape index (κ2) is 6.52. The second-order valence-electron chi connectivity index (χ2n) is 6.33. The highest BCUT2D eigenvalue weighted by molar-refractivity contribution is 7.13. The topological polar surface area (TPSA) is 71.6 Å². The number of hydrogen-bond donors (Lipinski definition) is 0. The second-order valence-corrected chi connectivity index (χ2v) is 7.28. The maximum Gasteiger partial charge on any atom is 0.437 e. The van der Waals surface area contributed by atoms with Crippen LogP contribution in [0.15, 0.2) is 26.7 Å². The lowest BCUT2D eigenvalue weighted by molar-refractivity contribution is -0.135. The van der Waals surface area contributed by atoms with Crippen molar-refractivity contribution < 1.29 is 9.21 Å². The minimum atomic E-state index is -0.581. The van der Waals surface area contributed by atoms with Gasteiger partial charge in [0.1, 0.15) is 6.54 Å². The van der Waals surface area contributed by atoms with Crippen molar-refractivity contribution in [3.63, 3.8) is 0 Å². The number of aromatic nitrogens is 2. The molecule has 8 heteroatoms. The predicted molar refractivity (Wildman–Crippen MR) is 89.9 cm³/mol. The SMILES string of the molecule is O=C(Cn1nc(-c2cccs2)oc1=O)N1CCN2CCCC[C@H]2C1. The van der Waals surface area contributed by atoms with Crippen LogP contribution in [0.5, 0.6) is 0 Å². The number of carbonyl (C=O) groups excluding carboxylic acids is 1. The zero-order valence-corrected chi connectivity index (χ0v) is 14.2. The van der Waals surface area contributed by atoms with Gasteiger partial charge in [-0.05, 0) is 30.8 Å². The van der Waals surface area contributed by atoms with Crippen LogP contribution in [0.1, 0.15) is 19.3 Å². The number of rotatable bonds is 3. The molecular weight excluding hydrogens is 328 g/mol. The van der Waals surface area contributed by atoms with Gasteiger partial charge < -0.3 is 9.32 Å². The first-order valence-corrected chi connectivity index (χ1v) is 9.22. The fraction of sp³-hybridized carbons (Fsp3) is 0.562. The van der Waals surface area contributed by atoms with Gasteiger partial charge in [0, 0.05) is 25.7 Å². The Morgan fingerprint density at radius 1 is 1.33 bits per heavy atom. The van der Waals surface area contributed by atoms with Gasteiger partial charge in [0.05, 0.1) is 4.88 Å². The summed E-state index contributed by atoms with van der Waals surface area (Å²) in [6, 6.07) is 4.17. The van der Waals surface area contributed by atoms with Gasteiger partial charge in [-0.2, -0.15) is 4.68 Å². The third-order valence-corrected chi connectivity index (χ3v) is 5.67. The molecule has 0 N–H and O–H groups in total. The molecule has 0 bridgehead atoms. The summed E-state index contributed by atoms with van der Waals surface area (Å²) in [5, 5.41) is 6.05. The van der Waals surface area contributed by atoms with E-state index in [1.165, 1.54) is 24.2 Å². The first-order chi connectivity index (χ1) is 11.7. The Labute approximate surface area is 143 Å². The van der Waals surface area contributed by atoms with Gasteiger partial charge in [-0.25, -0.2) is 4.79 Å². The van der Waals surface area contributed by atoms with Gasteiger partial charge in [0.25, 0.3) is 5.89 Å². The number of hydrogen-bond acceptors (Lipinski definition) is 6. The van der Waals surface area contributed by atoms with E-state index in [1.807, 2.05) is 22.4 Å². The number of nitrogens with zero attached hydrogens (tertiary/aromatic N) is 4. The fourth-order valence-corrected chi connectivity index (χ4v) is 4.16. The Kier molecular flexibility index (Phi) is 4.24. The highest BCUT2D eigenvalue weighted by atomic mass is 32.1. The molecule has 0 unspecified atom stereocenters. The predicted octanol–water partition coefficient (Wildman–Crippen LogP) is 1.26. The zero-order valence-electron chi connectivity index (χ0n) is 13.4. The molecule has 1 amide bonds. The monoisotopic (exact) mass is 348 g/mol. The number of thiophene rings is 1. The molecular formula is C16H20N4O3S. The average molecular weight is 348 g/mol. The molecule has 7 nitrogen and oxygen atoms in total.